The maximum absolute atomic E-state index is 13.4. The summed E-state index contributed by atoms with van der Waals surface area (Å²) in [6.45, 7) is 1.62. The first-order valence-corrected chi connectivity index (χ1v) is 8.62. The molecular weight excluding hydrogens is 382 g/mol. The van der Waals surface area contributed by atoms with Gasteiger partial charge in [0.25, 0.3) is 5.78 Å². The van der Waals surface area contributed by atoms with Gasteiger partial charge in [-0.2, -0.15) is 0 Å². The number of ketones is 1. The van der Waals surface area contributed by atoms with Crippen molar-refractivity contribution in [3.8, 4) is 0 Å². The molecule has 1 amide bonds. The van der Waals surface area contributed by atoms with E-state index >= 15 is 0 Å². The molecule has 1 unspecified atom stereocenters. The van der Waals surface area contributed by atoms with Crippen molar-refractivity contribution in [3.05, 3.63) is 88.7 Å². The van der Waals surface area contributed by atoms with Crippen molar-refractivity contribution in [2.45, 2.75) is 13.0 Å². The summed E-state index contributed by atoms with van der Waals surface area (Å²) >= 11 is 0. The summed E-state index contributed by atoms with van der Waals surface area (Å²) < 4.78 is 31.7. The summed E-state index contributed by atoms with van der Waals surface area (Å²) in [6.07, 6.45) is 0. The van der Waals surface area contributed by atoms with E-state index in [4.69, 9.17) is 4.52 Å². The number of carbonyl (C=O) groups is 2. The average Bonchev–Trinajstić information content (AvgIpc) is 3.24. The molecule has 29 heavy (non-hydrogen) atoms. The van der Waals surface area contributed by atoms with Gasteiger partial charge in [0, 0.05) is 11.6 Å². The van der Waals surface area contributed by atoms with E-state index in [0.717, 1.165) is 17.0 Å². The highest BCUT2D eigenvalue weighted by molar-refractivity contribution is 6.51. The fourth-order valence-corrected chi connectivity index (χ4v) is 3.26. The van der Waals surface area contributed by atoms with Gasteiger partial charge < -0.3 is 9.63 Å². The number of nitrogens with zero attached hydrogens (tertiary/aromatic N) is 2. The summed E-state index contributed by atoms with van der Waals surface area (Å²) in [5.41, 5.74) is 0.330. The number of aliphatic hydroxyl groups excluding tert-OH is 1. The molecule has 0 radical (unpaired) electrons. The van der Waals surface area contributed by atoms with Crippen LogP contribution in [0.2, 0.25) is 0 Å². The second-order valence-electron chi connectivity index (χ2n) is 6.52. The number of rotatable bonds is 3. The fraction of sp³-hybridized carbons (Fsp3) is 0.0952. The summed E-state index contributed by atoms with van der Waals surface area (Å²) in [4.78, 5) is 26.7. The van der Waals surface area contributed by atoms with E-state index in [1.807, 2.05) is 0 Å². The van der Waals surface area contributed by atoms with E-state index in [9.17, 15) is 23.5 Å². The number of aryl methyl sites for hydroxylation is 1. The average molecular weight is 396 g/mol. The van der Waals surface area contributed by atoms with E-state index < -0.39 is 35.1 Å². The lowest BCUT2D eigenvalue weighted by molar-refractivity contribution is -0.132. The first-order chi connectivity index (χ1) is 13.9. The lowest BCUT2D eigenvalue weighted by Gasteiger charge is -2.22. The maximum Gasteiger partial charge on any atom is 0.301 e. The minimum Gasteiger partial charge on any atom is -0.507 e. The third-order valence-electron chi connectivity index (χ3n) is 4.61. The molecule has 1 aliphatic rings. The van der Waals surface area contributed by atoms with Crippen molar-refractivity contribution in [2.75, 3.05) is 4.90 Å². The molecule has 146 valence electrons. The van der Waals surface area contributed by atoms with Crippen LogP contribution in [0.5, 0.6) is 0 Å². The van der Waals surface area contributed by atoms with Crippen LogP contribution in [0, 0.1) is 18.6 Å². The number of hydrogen-bond donors (Lipinski definition) is 1. The Bertz CT molecular complexity index is 1130. The molecule has 1 atom stereocenters. The monoisotopic (exact) mass is 396 g/mol. The van der Waals surface area contributed by atoms with Crippen LogP contribution in [0.4, 0.5) is 14.6 Å². The Morgan fingerprint density at radius 1 is 1.03 bits per heavy atom. The largest absolute Gasteiger partial charge is 0.507 e. The lowest BCUT2D eigenvalue weighted by Crippen LogP contribution is -2.29. The Morgan fingerprint density at radius 3 is 2.17 bits per heavy atom. The number of anilines is 1. The number of Topliss-reactive ketones (excluding diaryl/α,β-unsaturated/α-hetero) is 1. The molecule has 6 nitrogen and oxygen atoms in total. The smallest absolute Gasteiger partial charge is 0.301 e. The number of amides is 1. The van der Waals surface area contributed by atoms with Gasteiger partial charge in [-0.25, -0.2) is 8.78 Å². The lowest BCUT2D eigenvalue weighted by atomic mass is 9.95. The van der Waals surface area contributed by atoms with Crippen LogP contribution < -0.4 is 4.90 Å². The number of aromatic nitrogens is 1. The van der Waals surface area contributed by atoms with Gasteiger partial charge in [-0.05, 0) is 48.9 Å². The van der Waals surface area contributed by atoms with E-state index in [1.54, 1.807) is 6.92 Å². The van der Waals surface area contributed by atoms with Gasteiger partial charge in [-0.3, -0.25) is 14.5 Å². The van der Waals surface area contributed by atoms with E-state index in [2.05, 4.69) is 5.16 Å². The topological polar surface area (TPSA) is 83.6 Å². The Kier molecular flexibility index (Phi) is 4.46. The first-order valence-electron chi connectivity index (χ1n) is 8.62. The highest BCUT2D eigenvalue weighted by Crippen LogP contribution is 2.41. The van der Waals surface area contributed by atoms with E-state index in [-0.39, 0.29) is 17.0 Å². The molecule has 1 N–H and O–H groups in total. The molecule has 1 fully saturated rings. The molecule has 8 heteroatoms. The molecule has 1 aromatic heterocycles. The minimum atomic E-state index is -1.06. The Morgan fingerprint density at radius 2 is 1.62 bits per heavy atom. The van der Waals surface area contributed by atoms with Crippen LogP contribution in [-0.2, 0) is 9.59 Å². The number of aliphatic hydroxyl groups is 1. The van der Waals surface area contributed by atoms with Crippen molar-refractivity contribution >= 4 is 23.3 Å². The van der Waals surface area contributed by atoms with Gasteiger partial charge >= 0.3 is 5.91 Å². The van der Waals surface area contributed by atoms with E-state index in [1.165, 1.54) is 42.5 Å². The van der Waals surface area contributed by atoms with Gasteiger partial charge in [-0.15, -0.1) is 0 Å². The predicted octanol–water partition coefficient (Wildman–Crippen LogP) is 3.89. The number of hydrogen-bond acceptors (Lipinski definition) is 5. The normalized spacial score (nSPS) is 18.4. The zero-order chi connectivity index (χ0) is 20.7. The zero-order valence-corrected chi connectivity index (χ0v) is 15.1. The minimum absolute atomic E-state index is 0.0806. The third kappa shape index (κ3) is 3.18. The fourth-order valence-electron chi connectivity index (χ4n) is 3.26. The van der Waals surface area contributed by atoms with Crippen molar-refractivity contribution < 1.29 is 28.0 Å². The Labute approximate surface area is 163 Å². The predicted molar refractivity (Wildman–Crippen MR) is 98.8 cm³/mol. The van der Waals surface area contributed by atoms with Gasteiger partial charge in [0.05, 0.1) is 11.6 Å². The highest BCUT2D eigenvalue weighted by Gasteiger charge is 2.48. The first kappa shape index (κ1) is 18.5. The molecule has 0 saturated carbocycles. The van der Waals surface area contributed by atoms with Gasteiger partial charge in [-0.1, -0.05) is 17.3 Å². The number of carbonyl (C=O) groups excluding carboxylic acids is 2. The molecule has 0 spiro atoms. The quantitative estimate of drug-likeness (QED) is 0.413. The van der Waals surface area contributed by atoms with Gasteiger partial charge in [0.15, 0.2) is 5.82 Å². The third-order valence-corrected chi connectivity index (χ3v) is 4.61. The molecule has 1 aliphatic heterocycles. The van der Waals surface area contributed by atoms with Gasteiger partial charge in [0.2, 0.25) is 0 Å². The number of benzene rings is 2. The number of halogens is 2. The SMILES string of the molecule is Cc1cc(N2C(=O)C(=O)C(=C(O)c3ccc(F)cc3)C2c2ccc(F)cc2)no1. The molecule has 1 saturated heterocycles. The van der Waals surface area contributed by atoms with Crippen molar-refractivity contribution in [3.63, 3.8) is 0 Å². The molecule has 0 bridgehead atoms. The highest BCUT2D eigenvalue weighted by atomic mass is 19.1. The summed E-state index contributed by atoms with van der Waals surface area (Å²) in [5, 5.41) is 14.6. The van der Waals surface area contributed by atoms with Crippen LogP contribution >= 0.6 is 0 Å². The van der Waals surface area contributed by atoms with Crippen LogP contribution in [0.1, 0.15) is 22.9 Å². The van der Waals surface area contributed by atoms with Crippen molar-refractivity contribution in [1.82, 2.24) is 5.16 Å². The molecule has 4 rings (SSSR count). The maximum atomic E-state index is 13.4. The summed E-state index contributed by atoms with van der Waals surface area (Å²) in [5.74, 6) is -2.86. The van der Waals surface area contributed by atoms with Crippen LogP contribution in [0.3, 0.4) is 0 Å². The molecule has 3 aromatic rings. The van der Waals surface area contributed by atoms with Crippen LogP contribution in [-0.4, -0.2) is 22.0 Å². The van der Waals surface area contributed by atoms with Crippen LogP contribution in [0.25, 0.3) is 5.76 Å². The second kappa shape index (κ2) is 6.97. The molecule has 2 aromatic carbocycles. The van der Waals surface area contributed by atoms with Gasteiger partial charge in [0.1, 0.15) is 23.2 Å². The molecular formula is C21H14F2N2O4. The summed E-state index contributed by atoms with van der Waals surface area (Å²) in [7, 11) is 0. The molecule has 2 heterocycles. The zero-order valence-electron chi connectivity index (χ0n) is 15.1. The van der Waals surface area contributed by atoms with Crippen molar-refractivity contribution in [1.29, 1.82) is 0 Å². The Hall–Kier alpha value is -3.81. The Balaban J connectivity index is 1.93. The second-order valence-corrected chi connectivity index (χ2v) is 6.52. The standard InChI is InChI=1S/C21H14F2N2O4/c1-11-10-16(24-29-11)25-18(12-2-6-14(22)7-3-12)17(20(27)21(25)28)19(26)13-4-8-15(23)9-5-13/h2-10,18,26H,1H3. The van der Waals surface area contributed by atoms with Crippen molar-refractivity contribution in [2.24, 2.45) is 0 Å². The summed E-state index contributed by atoms with van der Waals surface area (Å²) in [6, 6.07) is 10.4. The van der Waals surface area contributed by atoms with E-state index in [0.29, 0.717) is 11.3 Å². The van der Waals surface area contributed by atoms with Crippen LogP contribution in [0.15, 0.2) is 64.7 Å². The molecule has 0 aliphatic carbocycles.